The molecule has 344 valence electrons. The van der Waals surface area contributed by atoms with Crippen molar-refractivity contribution in [2.45, 2.75) is 154 Å². The minimum absolute atomic E-state index is 0.0789. The number of hydrogen-bond donors (Lipinski definition) is 6. The number of allylic oxidation sites excluding steroid dienone is 2. The number of nitrogens with two attached hydrogens (primary N) is 1. The van der Waals surface area contributed by atoms with Crippen molar-refractivity contribution in [3.05, 3.63) is 22.7 Å². The summed E-state index contributed by atoms with van der Waals surface area (Å²) in [5, 5.41) is 29.5. The van der Waals surface area contributed by atoms with Crippen molar-refractivity contribution in [2.24, 2.45) is 11.7 Å². The molecule has 1 fully saturated rings. The van der Waals surface area contributed by atoms with E-state index < -0.39 is 96.9 Å². The predicted molar refractivity (Wildman–Crippen MR) is 214 cm³/mol. The van der Waals surface area contributed by atoms with E-state index in [4.69, 9.17) is 34.2 Å². The number of hydrogen-bond acceptors (Lipinski definition) is 16. The molecule has 0 radical (unpaired) electrons. The molecular weight excluding hydrogens is 804 g/mol. The fraction of sp³-hybridized carbons (Fsp3) is 0.707. The van der Waals surface area contributed by atoms with Crippen LogP contribution >= 0.6 is 0 Å². The van der Waals surface area contributed by atoms with Gasteiger partial charge in [-0.3, -0.25) is 33.6 Å². The van der Waals surface area contributed by atoms with Gasteiger partial charge in [-0.05, 0) is 45.4 Å². The third-order valence-electron chi connectivity index (χ3n) is 10.3. The first kappa shape index (κ1) is 52.2. The monoisotopic (exact) mass is 868 g/mol. The lowest BCUT2D eigenvalue weighted by Crippen LogP contribution is -2.66. The Morgan fingerprint density at radius 3 is 1.97 bits per heavy atom. The van der Waals surface area contributed by atoms with E-state index in [1.807, 2.05) is 0 Å². The molecule has 0 aromatic rings. The number of aliphatic hydroxyl groups excluding tert-OH is 2. The van der Waals surface area contributed by atoms with Crippen LogP contribution in [0, 0.1) is 5.92 Å². The van der Waals surface area contributed by atoms with Crippen molar-refractivity contribution in [3.8, 4) is 0 Å². The van der Waals surface area contributed by atoms with Crippen molar-refractivity contribution in [1.82, 2.24) is 16.0 Å². The summed E-state index contributed by atoms with van der Waals surface area (Å²) in [5.41, 5.74) is 5.98. The topological polar surface area (TPSA) is 295 Å². The zero-order valence-electron chi connectivity index (χ0n) is 36.4. The predicted octanol–water partition coefficient (Wildman–Crippen LogP) is 0.434. The van der Waals surface area contributed by atoms with Gasteiger partial charge in [0.1, 0.15) is 49.1 Å². The molecule has 1 aliphatic heterocycles. The summed E-state index contributed by atoms with van der Waals surface area (Å²) in [6, 6.07) is -3.77. The van der Waals surface area contributed by atoms with E-state index in [1.165, 1.54) is 21.1 Å². The molecule has 8 atom stereocenters. The van der Waals surface area contributed by atoms with E-state index >= 15 is 0 Å². The number of Topliss-reactive ketones (excluding diaryl/α,β-unsaturated/α-hetero) is 2. The first-order valence-corrected chi connectivity index (χ1v) is 20.5. The molecule has 7 N–H and O–H groups in total. The van der Waals surface area contributed by atoms with Crippen LogP contribution in [0.3, 0.4) is 0 Å². The molecule has 0 aromatic heterocycles. The highest BCUT2D eigenvalue weighted by atomic mass is 16.6. The zero-order valence-corrected chi connectivity index (χ0v) is 36.4. The van der Waals surface area contributed by atoms with Crippen LogP contribution < -0.4 is 21.7 Å². The molecule has 1 aliphatic carbocycles. The normalized spacial score (nSPS) is 21.9. The number of rotatable bonds is 26. The van der Waals surface area contributed by atoms with Crippen LogP contribution in [-0.4, -0.2) is 134 Å². The summed E-state index contributed by atoms with van der Waals surface area (Å²) < 4.78 is 31.6. The van der Waals surface area contributed by atoms with E-state index in [1.54, 1.807) is 20.8 Å². The van der Waals surface area contributed by atoms with Crippen LogP contribution in [0.4, 0.5) is 0 Å². The summed E-state index contributed by atoms with van der Waals surface area (Å²) in [6.45, 7) is 6.88. The standard InChI is InChI=1S/C41H64N4O16/c1-21(2)30(39(53)44-26(40(54)58-8)18-19-28(42)47)45-38(52)23(4)60-35-31(43-24(5)46)41(55)61-27(34(35)51)20-59-29(48)17-15-13-11-9-10-12-14-16-25-22(3)32(49)36(56-6)37(57-7)33(25)50/h21,23,26-27,30-31,34-35,41,51,55H,9-20H2,1-8H3,(H2,42,47)(H,43,46)(H,44,53)(H,45,52)/t23?,26-,27-,30+,31-,34-,35-,41+/m1/s1. The lowest BCUT2D eigenvalue weighted by molar-refractivity contribution is -0.267. The highest BCUT2D eigenvalue weighted by Gasteiger charge is 2.48. The van der Waals surface area contributed by atoms with Gasteiger partial charge in [-0.25, -0.2) is 4.79 Å². The highest BCUT2D eigenvalue weighted by Crippen LogP contribution is 2.29. The van der Waals surface area contributed by atoms with Gasteiger partial charge in [0.25, 0.3) is 0 Å². The summed E-state index contributed by atoms with van der Waals surface area (Å²) in [6.07, 6.45) is -1.88. The number of carbonyl (C=O) groups excluding carboxylic acids is 8. The minimum Gasteiger partial charge on any atom is -0.489 e. The molecule has 0 aromatic carbocycles. The third kappa shape index (κ3) is 15.8. The number of carbonyl (C=O) groups is 8. The number of amides is 4. The molecule has 2 rings (SSSR count). The maximum absolute atomic E-state index is 13.3. The number of esters is 2. The number of ketones is 2. The Balaban J connectivity index is 1.88. The Morgan fingerprint density at radius 1 is 0.820 bits per heavy atom. The number of nitrogens with one attached hydrogen (secondary N) is 3. The molecule has 4 amide bonds. The van der Waals surface area contributed by atoms with Crippen LogP contribution in [0.5, 0.6) is 0 Å². The SMILES string of the molecule is COC(=O)[C@@H](CCC(N)=O)NC(=O)[C@@H](NC(=O)C(C)O[C@H]1[C@H](O)[C@@H](COC(=O)CCCCCCCCCC2=C(C)C(=O)C(OC)=C(OC)C2=O)O[C@H](O)[C@@H]1NC(C)=O)C(C)C. The Kier molecular flexibility index (Phi) is 22.1. The Hall–Kier alpha value is -4.92. The van der Waals surface area contributed by atoms with Crippen LogP contribution in [-0.2, 0) is 66.8 Å². The van der Waals surface area contributed by atoms with Crippen molar-refractivity contribution in [3.63, 3.8) is 0 Å². The quantitative estimate of drug-likeness (QED) is 0.0390. The number of ether oxygens (including phenoxy) is 6. The van der Waals surface area contributed by atoms with Crippen molar-refractivity contribution in [2.75, 3.05) is 27.9 Å². The van der Waals surface area contributed by atoms with Crippen LogP contribution in [0.25, 0.3) is 0 Å². The first-order chi connectivity index (χ1) is 28.8. The van der Waals surface area contributed by atoms with Gasteiger partial charge in [0, 0.05) is 30.9 Å². The molecule has 1 saturated heterocycles. The molecule has 1 unspecified atom stereocenters. The molecule has 20 heteroatoms. The van der Waals surface area contributed by atoms with Gasteiger partial charge in [-0.15, -0.1) is 0 Å². The largest absolute Gasteiger partial charge is 0.489 e. The van der Waals surface area contributed by atoms with Gasteiger partial charge in [-0.2, -0.15) is 0 Å². The molecule has 0 saturated carbocycles. The summed E-state index contributed by atoms with van der Waals surface area (Å²) in [4.78, 5) is 100. The fourth-order valence-corrected chi connectivity index (χ4v) is 6.86. The second kappa shape index (κ2) is 25.8. The summed E-state index contributed by atoms with van der Waals surface area (Å²) >= 11 is 0. The second-order valence-electron chi connectivity index (χ2n) is 15.3. The molecule has 61 heavy (non-hydrogen) atoms. The van der Waals surface area contributed by atoms with Crippen molar-refractivity contribution < 1.29 is 77.0 Å². The van der Waals surface area contributed by atoms with Crippen LogP contribution in [0.1, 0.15) is 105 Å². The van der Waals surface area contributed by atoms with Crippen molar-refractivity contribution >= 4 is 47.1 Å². The minimum atomic E-state index is -1.74. The van der Waals surface area contributed by atoms with E-state index in [2.05, 4.69) is 16.0 Å². The van der Waals surface area contributed by atoms with Crippen molar-refractivity contribution in [1.29, 1.82) is 0 Å². The van der Waals surface area contributed by atoms with Crippen LogP contribution in [0.2, 0.25) is 0 Å². The summed E-state index contributed by atoms with van der Waals surface area (Å²) in [7, 11) is 3.75. The van der Waals surface area contributed by atoms with E-state index in [0.29, 0.717) is 30.4 Å². The maximum Gasteiger partial charge on any atom is 0.328 e. The van der Waals surface area contributed by atoms with E-state index in [0.717, 1.165) is 46.1 Å². The second-order valence-corrected chi connectivity index (χ2v) is 15.3. The van der Waals surface area contributed by atoms with Gasteiger partial charge in [-0.1, -0.05) is 46.0 Å². The molecule has 0 bridgehead atoms. The highest BCUT2D eigenvalue weighted by molar-refractivity contribution is 6.23. The zero-order chi connectivity index (χ0) is 46.0. The van der Waals surface area contributed by atoms with Gasteiger partial charge in [0.15, 0.2) is 6.29 Å². The Morgan fingerprint density at radius 2 is 1.41 bits per heavy atom. The Bertz CT molecular complexity index is 1640. The van der Waals surface area contributed by atoms with Gasteiger partial charge in [0.05, 0.1) is 21.3 Å². The lowest BCUT2D eigenvalue weighted by Gasteiger charge is -2.43. The summed E-state index contributed by atoms with van der Waals surface area (Å²) in [5.74, 6) is -5.63. The molecular formula is C41H64N4O16. The number of primary amides is 1. The average Bonchev–Trinajstić information content (AvgIpc) is 3.21. The van der Waals surface area contributed by atoms with Gasteiger partial charge < -0.3 is 60.3 Å². The number of unbranched alkanes of at least 4 members (excludes halogenated alkanes) is 6. The molecule has 2 aliphatic rings. The maximum atomic E-state index is 13.3. The smallest absolute Gasteiger partial charge is 0.328 e. The van der Waals surface area contributed by atoms with E-state index in [9.17, 15) is 48.6 Å². The van der Waals surface area contributed by atoms with Gasteiger partial charge in [0.2, 0.25) is 46.7 Å². The number of aliphatic hydroxyl groups is 2. The van der Waals surface area contributed by atoms with Crippen LogP contribution in [0.15, 0.2) is 22.7 Å². The molecule has 0 spiro atoms. The lowest BCUT2D eigenvalue weighted by atomic mass is 9.89. The third-order valence-corrected chi connectivity index (χ3v) is 10.3. The fourth-order valence-electron chi connectivity index (χ4n) is 6.86. The van der Waals surface area contributed by atoms with Gasteiger partial charge >= 0.3 is 11.9 Å². The molecule has 1 heterocycles. The average molecular weight is 869 g/mol. The molecule has 20 nitrogen and oxygen atoms in total. The Labute approximate surface area is 355 Å². The first-order valence-electron chi connectivity index (χ1n) is 20.5. The number of methoxy groups -OCH3 is 3. The van der Waals surface area contributed by atoms with E-state index in [-0.39, 0.29) is 42.3 Å².